The standard InChI is InChI=1S/C19H28N2O4/c1-5-17(22)20-9-6-10-21(12-11-20)18(23)13-15-7-8-16(24-3)14(2)19(15)25-4/h7-8H,5-6,9-13H2,1-4H3. The predicted octanol–water partition coefficient (Wildman–Crippen LogP) is 2.03. The normalized spacial score (nSPS) is 14.9. The number of methoxy groups -OCH3 is 2. The van der Waals surface area contributed by atoms with Crippen LogP contribution in [0.1, 0.15) is 30.9 Å². The predicted molar refractivity (Wildman–Crippen MR) is 96.1 cm³/mol. The van der Waals surface area contributed by atoms with Gasteiger partial charge >= 0.3 is 0 Å². The highest BCUT2D eigenvalue weighted by molar-refractivity contribution is 5.80. The van der Waals surface area contributed by atoms with Gasteiger partial charge in [-0.1, -0.05) is 13.0 Å². The number of benzene rings is 1. The number of hydrogen-bond donors (Lipinski definition) is 0. The molecular weight excluding hydrogens is 320 g/mol. The Balaban J connectivity index is 2.07. The highest BCUT2D eigenvalue weighted by atomic mass is 16.5. The molecule has 0 unspecified atom stereocenters. The summed E-state index contributed by atoms with van der Waals surface area (Å²) in [5.74, 6) is 1.66. The second-order valence-corrected chi connectivity index (χ2v) is 6.23. The summed E-state index contributed by atoms with van der Waals surface area (Å²) in [6, 6.07) is 3.75. The minimum absolute atomic E-state index is 0.0636. The van der Waals surface area contributed by atoms with Gasteiger partial charge in [0.05, 0.1) is 20.6 Å². The Labute approximate surface area is 149 Å². The fourth-order valence-electron chi connectivity index (χ4n) is 3.29. The lowest BCUT2D eigenvalue weighted by Gasteiger charge is -2.22. The lowest BCUT2D eigenvalue weighted by Crippen LogP contribution is -2.37. The molecule has 2 amide bonds. The van der Waals surface area contributed by atoms with Crippen molar-refractivity contribution in [2.75, 3.05) is 40.4 Å². The van der Waals surface area contributed by atoms with Gasteiger partial charge in [0.2, 0.25) is 11.8 Å². The van der Waals surface area contributed by atoms with Crippen molar-refractivity contribution < 1.29 is 19.1 Å². The van der Waals surface area contributed by atoms with Crippen LogP contribution in [-0.4, -0.2) is 62.0 Å². The molecule has 25 heavy (non-hydrogen) atoms. The number of hydrogen-bond acceptors (Lipinski definition) is 4. The first-order valence-electron chi connectivity index (χ1n) is 8.77. The van der Waals surface area contributed by atoms with Crippen molar-refractivity contribution in [3.8, 4) is 11.5 Å². The Kier molecular flexibility index (Phi) is 6.67. The van der Waals surface area contributed by atoms with E-state index in [1.165, 1.54) is 0 Å². The molecule has 1 fully saturated rings. The molecule has 0 spiro atoms. The first-order valence-corrected chi connectivity index (χ1v) is 8.77. The lowest BCUT2D eigenvalue weighted by molar-refractivity contribution is -0.133. The third-order valence-electron chi connectivity index (χ3n) is 4.71. The van der Waals surface area contributed by atoms with Gasteiger partial charge in [0.1, 0.15) is 11.5 Å². The van der Waals surface area contributed by atoms with Crippen LogP contribution >= 0.6 is 0 Å². The van der Waals surface area contributed by atoms with Crippen molar-refractivity contribution in [2.45, 2.75) is 33.1 Å². The molecule has 1 aromatic rings. The highest BCUT2D eigenvalue weighted by Gasteiger charge is 2.22. The first kappa shape index (κ1) is 19.1. The van der Waals surface area contributed by atoms with Crippen LogP contribution in [0.25, 0.3) is 0 Å². The van der Waals surface area contributed by atoms with Gasteiger partial charge in [-0.3, -0.25) is 9.59 Å². The van der Waals surface area contributed by atoms with Crippen LogP contribution in [0, 0.1) is 6.92 Å². The monoisotopic (exact) mass is 348 g/mol. The van der Waals surface area contributed by atoms with Gasteiger partial charge in [-0.05, 0) is 19.4 Å². The summed E-state index contributed by atoms with van der Waals surface area (Å²) in [5.41, 5.74) is 1.75. The van der Waals surface area contributed by atoms with E-state index < -0.39 is 0 Å². The van der Waals surface area contributed by atoms with Crippen LogP contribution in [0.3, 0.4) is 0 Å². The maximum atomic E-state index is 12.7. The fourth-order valence-corrected chi connectivity index (χ4v) is 3.29. The molecule has 0 atom stereocenters. The average Bonchev–Trinajstić information content (AvgIpc) is 2.87. The molecule has 6 nitrogen and oxygen atoms in total. The molecule has 6 heteroatoms. The van der Waals surface area contributed by atoms with E-state index in [0.29, 0.717) is 31.8 Å². The second-order valence-electron chi connectivity index (χ2n) is 6.23. The molecule has 1 aliphatic heterocycles. The number of nitrogens with zero attached hydrogens (tertiary/aromatic N) is 2. The van der Waals surface area contributed by atoms with E-state index in [0.717, 1.165) is 29.8 Å². The molecule has 1 aromatic carbocycles. The van der Waals surface area contributed by atoms with E-state index in [1.54, 1.807) is 14.2 Å². The molecule has 0 bridgehead atoms. The van der Waals surface area contributed by atoms with Gasteiger partial charge < -0.3 is 19.3 Å². The average molecular weight is 348 g/mol. The summed E-state index contributed by atoms with van der Waals surface area (Å²) in [6.07, 6.45) is 1.61. The van der Waals surface area contributed by atoms with Gasteiger partial charge in [0.25, 0.3) is 0 Å². The summed E-state index contributed by atoms with van der Waals surface area (Å²) < 4.78 is 10.8. The molecule has 0 radical (unpaired) electrons. The molecule has 0 saturated carbocycles. The van der Waals surface area contributed by atoms with Gasteiger partial charge in [-0.15, -0.1) is 0 Å². The Morgan fingerprint density at radius 3 is 2.20 bits per heavy atom. The van der Waals surface area contributed by atoms with Gasteiger partial charge in [0.15, 0.2) is 0 Å². The molecule has 2 rings (SSSR count). The Hall–Kier alpha value is -2.24. The number of ether oxygens (including phenoxy) is 2. The molecule has 0 aromatic heterocycles. The lowest BCUT2D eigenvalue weighted by atomic mass is 10.0. The molecular formula is C19H28N2O4. The van der Waals surface area contributed by atoms with E-state index in [2.05, 4.69) is 0 Å². The zero-order valence-electron chi connectivity index (χ0n) is 15.6. The molecule has 1 heterocycles. The van der Waals surface area contributed by atoms with Crippen LogP contribution in [0.2, 0.25) is 0 Å². The minimum atomic E-state index is 0.0636. The Bertz CT molecular complexity index is 630. The number of rotatable bonds is 5. The molecule has 1 saturated heterocycles. The first-order chi connectivity index (χ1) is 12.0. The summed E-state index contributed by atoms with van der Waals surface area (Å²) in [4.78, 5) is 28.3. The van der Waals surface area contributed by atoms with Crippen LogP contribution < -0.4 is 9.47 Å². The maximum absolute atomic E-state index is 12.7. The molecule has 0 aliphatic carbocycles. The summed E-state index contributed by atoms with van der Waals surface area (Å²) in [5, 5.41) is 0. The largest absolute Gasteiger partial charge is 0.496 e. The van der Waals surface area contributed by atoms with Crippen molar-refractivity contribution in [3.63, 3.8) is 0 Å². The van der Waals surface area contributed by atoms with Crippen LogP contribution in [0.5, 0.6) is 11.5 Å². The molecule has 1 aliphatic rings. The van der Waals surface area contributed by atoms with Gasteiger partial charge in [-0.2, -0.15) is 0 Å². The van der Waals surface area contributed by atoms with Gasteiger partial charge in [0, 0.05) is 43.7 Å². The van der Waals surface area contributed by atoms with E-state index in [-0.39, 0.29) is 18.2 Å². The van der Waals surface area contributed by atoms with Crippen molar-refractivity contribution in [1.29, 1.82) is 0 Å². The molecule has 138 valence electrons. The van der Waals surface area contributed by atoms with E-state index in [1.807, 2.05) is 35.8 Å². The minimum Gasteiger partial charge on any atom is -0.496 e. The number of carbonyl (C=O) groups is 2. The number of amides is 2. The van der Waals surface area contributed by atoms with Crippen molar-refractivity contribution in [3.05, 3.63) is 23.3 Å². The number of carbonyl (C=O) groups excluding carboxylic acids is 2. The SMILES string of the molecule is CCC(=O)N1CCCN(C(=O)Cc2ccc(OC)c(C)c2OC)CC1. The van der Waals surface area contributed by atoms with Crippen LogP contribution in [0.4, 0.5) is 0 Å². The smallest absolute Gasteiger partial charge is 0.227 e. The topological polar surface area (TPSA) is 59.1 Å². The Morgan fingerprint density at radius 1 is 1.00 bits per heavy atom. The van der Waals surface area contributed by atoms with Crippen molar-refractivity contribution >= 4 is 11.8 Å². The summed E-state index contributed by atoms with van der Waals surface area (Å²) >= 11 is 0. The van der Waals surface area contributed by atoms with Crippen LogP contribution in [0.15, 0.2) is 12.1 Å². The summed E-state index contributed by atoms with van der Waals surface area (Å²) in [6.45, 7) is 6.39. The molecule has 0 N–H and O–H groups in total. The third-order valence-corrected chi connectivity index (χ3v) is 4.71. The van der Waals surface area contributed by atoms with E-state index in [4.69, 9.17) is 9.47 Å². The van der Waals surface area contributed by atoms with E-state index in [9.17, 15) is 9.59 Å². The fraction of sp³-hybridized carbons (Fsp3) is 0.579. The highest BCUT2D eigenvalue weighted by Crippen LogP contribution is 2.31. The third kappa shape index (κ3) is 4.44. The quantitative estimate of drug-likeness (QED) is 0.817. The zero-order chi connectivity index (χ0) is 18.4. The Morgan fingerprint density at radius 2 is 1.64 bits per heavy atom. The van der Waals surface area contributed by atoms with Crippen molar-refractivity contribution in [1.82, 2.24) is 9.80 Å². The van der Waals surface area contributed by atoms with Crippen molar-refractivity contribution in [2.24, 2.45) is 0 Å². The second kappa shape index (κ2) is 8.74. The zero-order valence-corrected chi connectivity index (χ0v) is 15.6. The summed E-state index contributed by atoms with van der Waals surface area (Å²) in [7, 11) is 3.23. The van der Waals surface area contributed by atoms with E-state index >= 15 is 0 Å². The van der Waals surface area contributed by atoms with Crippen LogP contribution in [-0.2, 0) is 16.0 Å². The van der Waals surface area contributed by atoms with Gasteiger partial charge in [-0.25, -0.2) is 0 Å². The maximum Gasteiger partial charge on any atom is 0.227 e.